The van der Waals surface area contributed by atoms with Gasteiger partial charge in [0.25, 0.3) is 15.6 Å². The van der Waals surface area contributed by atoms with Crippen LogP contribution < -0.4 is 15.6 Å². The van der Waals surface area contributed by atoms with Crippen LogP contribution in [0.4, 0.5) is 11.6 Å². The topological polar surface area (TPSA) is 136 Å². The fourth-order valence-corrected chi connectivity index (χ4v) is 5.04. The van der Waals surface area contributed by atoms with E-state index in [0.29, 0.717) is 33.1 Å². The zero-order chi connectivity index (χ0) is 25.2. The molecule has 12 heteroatoms. The van der Waals surface area contributed by atoms with Gasteiger partial charge in [-0.3, -0.25) is 14.2 Å². The van der Waals surface area contributed by atoms with Gasteiger partial charge in [-0.1, -0.05) is 23.9 Å². The first kappa shape index (κ1) is 24.4. The third-order valence-corrected chi connectivity index (χ3v) is 7.30. The molecule has 1 amide bonds. The van der Waals surface area contributed by atoms with Crippen molar-refractivity contribution in [3.8, 4) is 0 Å². The number of sulfonamides is 1. The van der Waals surface area contributed by atoms with Gasteiger partial charge in [0.2, 0.25) is 11.9 Å². The lowest BCUT2D eigenvalue weighted by Gasteiger charge is -2.10. The fourth-order valence-electron chi connectivity index (χ4n) is 3.32. The van der Waals surface area contributed by atoms with Crippen LogP contribution in [0.1, 0.15) is 11.4 Å². The van der Waals surface area contributed by atoms with Gasteiger partial charge in [0.05, 0.1) is 21.6 Å². The minimum Gasteiger partial charge on any atom is -0.325 e. The van der Waals surface area contributed by atoms with E-state index in [9.17, 15) is 18.0 Å². The molecule has 0 fully saturated rings. The highest BCUT2D eigenvalue weighted by atomic mass is 32.2. The van der Waals surface area contributed by atoms with Gasteiger partial charge in [-0.2, -0.15) is 0 Å². The molecular weight excluding hydrogens is 488 g/mol. The second-order valence-electron chi connectivity index (χ2n) is 7.72. The molecular formula is C23H22N6O4S2. The summed E-state index contributed by atoms with van der Waals surface area (Å²) in [7, 11) is -2.29. The Bertz CT molecular complexity index is 1560. The SMILES string of the molecule is Cc1cc(C)nc(NS(=O)(=O)c2ccc(NC(=O)CSc3nc4ccccc4c(=O)n3C)cc2)n1. The van der Waals surface area contributed by atoms with Crippen LogP contribution in [-0.2, 0) is 21.9 Å². The summed E-state index contributed by atoms with van der Waals surface area (Å²) in [5.41, 5.74) is 2.10. The molecule has 35 heavy (non-hydrogen) atoms. The third kappa shape index (κ3) is 5.66. The van der Waals surface area contributed by atoms with E-state index >= 15 is 0 Å². The molecule has 0 bridgehead atoms. The Hall–Kier alpha value is -3.77. The van der Waals surface area contributed by atoms with Crippen molar-refractivity contribution in [3.63, 3.8) is 0 Å². The summed E-state index contributed by atoms with van der Waals surface area (Å²) in [5, 5.41) is 3.64. The number of thioether (sulfide) groups is 1. The van der Waals surface area contributed by atoms with Crippen LogP contribution in [0.15, 0.2) is 69.4 Å². The summed E-state index contributed by atoms with van der Waals surface area (Å²) in [4.78, 5) is 37.6. The van der Waals surface area contributed by atoms with Crippen molar-refractivity contribution in [2.24, 2.45) is 7.05 Å². The van der Waals surface area contributed by atoms with Crippen LogP contribution >= 0.6 is 11.8 Å². The zero-order valence-electron chi connectivity index (χ0n) is 19.1. The largest absolute Gasteiger partial charge is 0.325 e. The molecule has 2 heterocycles. The average Bonchev–Trinajstić information content (AvgIpc) is 2.80. The number of aromatic nitrogens is 4. The molecule has 0 aliphatic heterocycles. The van der Waals surface area contributed by atoms with Crippen molar-refractivity contribution in [2.45, 2.75) is 23.9 Å². The monoisotopic (exact) mass is 510 g/mol. The number of aryl methyl sites for hydroxylation is 2. The van der Waals surface area contributed by atoms with E-state index in [1.807, 2.05) is 0 Å². The van der Waals surface area contributed by atoms with Gasteiger partial charge in [0, 0.05) is 24.1 Å². The quantitative estimate of drug-likeness (QED) is 0.286. The van der Waals surface area contributed by atoms with Gasteiger partial charge in [-0.05, 0) is 56.3 Å². The maximum Gasteiger partial charge on any atom is 0.264 e. The van der Waals surface area contributed by atoms with Gasteiger partial charge in [-0.25, -0.2) is 28.1 Å². The molecule has 2 aromatic heterocycles. The van der Waals surface area contributed by atoms with E-state index in [4.69, 9.17) is 0 Å². The molecule has 2 N–H and O–H groups in total. The van der Waals surface area contributed by atoms with Crippen LogP contribution in [0, 0.1) is 13.8 Å². The summed E-state index contributed by atoms with van der Waals surface area (Å²) in [6, 6.07) is 14.5. The number of hydrogen-bond acceptors (Lipinski definition) is 8. The summed E-state index contributed by atoms with van der Waals surface area (Å²) in [6.07, 6.45) is 0. The molecule has 4 rings (SSSR count). The lowest BCUT2D eigenvalue weighted by molar-refractivity contribution is -0.113. The highest BCUT2D eigenvalue weighted by Crippen LogP contribution is 2.19. The number of carbonyl (C=O) groups is 1. The first-order chi connectivity index (χ1) is 16.6. The van der Waals surface area contributed by atoms with E-state index in [1.165, 1.54) is 28.8 Å². The summed E-state index contributed by atoms with van der Waals surface area (Å²) in [5.74, 6) is -0.312. The molecule has 0 saturated carbocycles. The van der Waals surface area contributed by atoms with E-state index in [-0.39, 0.29) is 28.1 Å². The van der Waals surface area contributed by atoms with Crippen molar-refractivity contribution in [2.75, 3.05) is 15.8 Å². The van der Waals surface area contributed by atoms with Crippen LogP contribution in [0.2, 0.25) is 0 Å². The smallest absolute Gasteiger partial charge is 0.264 e. The molecule has 0 unspecified atom stereocenters. The molecule has 180 valence electrons. The van der Waals surface area contributed by atoms with Gasteiger partial charge in [-0.15, -0.1) is 0 Å². The van der Waals surface area contributed by atoms with Crippen molar-refractivity contribution in [1.82, 2.24) is 19.5 Å². The molecule has 0 atom stereocenters. The molecule has 0 saturated heterocycles. The van der Waals surface area contributed by atoms with Crippen molar-refractivity contribution in [1.29, 1.82) is 0 Å². The molecule has 0 aliphatic rings. The number of benzene rings is 2. The highest BCUT2D eigenvalue weighted by Gasteiger charge is 2.17. The summed E-state index contributed by atoms with van der Waals surface area (Å²) >= 11 is 1.13. The second-order valence-corrected chi connectivity index (χ2v) is 10.3. The summed E-state index contributed by atoms with van der Waals surface area (Å²) < 4.78 is 29.1. The summed E-state index contributed by atoms with van der Waals surface area (Å²) in [6.45, 7) is 3.50. The Labute approximate surface area is 205 Å². The standard InChI is InChI=1S/C23H22N6O4S2/c1-14-12-15(2)25-22(24-14)28-35(32,33)17-10-8-16(9-11-17)26-20(30)13-34-23-27-19-7-5-4-6-18(19)21(31)29(23)3/h4-12H,13H2,1-3H3,(H,26,30)(H,24,25,28). The predicted molar refractivity (Wildman–Crippen MR) is 135 cm³/mol. The molecule has 0 radical (unpaired) electrons. The van der Waals surface area contributed by atoms with E-state index in [0.717, 1.165) is 11.8 Å². The van der Waals surface area contributed by atoms with Crippen LogP contribution in [0.3, 0.4) is 0 Å². The third-order valence-electron chi connectivity index (χ3n) is 4.93. The minimum absolute atomic E-state index is 0.00277. The predicted octanol–water partition coefficient (Wildman–Crippen LogP) is 2.87. The van der Waals surface area contributed by atoms with Crippen LogP contribution in [-0.4, -0.2) is 39.6 Å². The number of nitrogens with zero attached hydrogens (tertiary/aromatic N) is 4. The van der Waals surface area contributed by atoms with Gasteiger partial charge in [0.1, 0.15) is 0 Å². The van der Waals surface area contributed by atoms with E-state index < -0.39 is 10.0 Å². The lowest BCUT2D eigenvalue weighted by Crippen LogP contribution is -2.21. The van der Waals surface area contributed by atoms with E-state index in [2.05, 4.69) is 25.0 Å². The van der Waals surface area contributed by atoms with Crippen molar-refractivity contribution >= 4 is 50.2 Å². The zero-order valence-corrected chi connectivity index (χ0v) is 20.8. The number of rotatable bonds is 7. The van der Waals surface area contributed by atoms with Gasteiger partial charge >= 0.3 is 0 Å². The van der Waals surface area contributed by atoms with Gasteiger partial charge in [0.15, 0.2) is 5.16 Å². The number of nitrogens with one attached hydrogen (secondary N) is 2. The number of carbonyl (C=O) groups excluding carboxylic acids is 1. The number of hydrogen-bond donors (Lipinski definition) is 2. The van der Waals surface area contributed by atoms with Crippen LogP contribution in [0.5, 0.6) is 0 Å². The lowest BCUT2D eigenvalue weighted by atomic mass is 10.2. The Balaban J connectivity index is 1.40. The Morgan fingerprint density at radius 3 is 2.34 bits per heavy atom. The maximum atomic E-state index is 12.7. The second kappa shape index (κ2) is 9.84. The van der Waals surface area contributed by atoms with E-state index in [1.54, 1.807) is 51.2 Å². The normalized spacial score (nSPS) is 11.4. The molecule has 0 spiro atoms. The van der Waals surface area contributed by atoms with Crippen LogP contribution in [0.25, 0.3) is 10.9 Å². The Morgan fingerprint density at radius 1 is 1.00 bits per heavy atom. The molecule has 4 aromatic rings. The number of para-hydroxylation sites is 1. The molecule has 0 aliphatic carbocycles. The van der Waals surface area contributed by atoms with Crippen molar-refractivity contribution in [3.05, 3.63) is 76.3 Å². The average molecular weight is 511 g/mol. The van der Waals surface area contributed by atoms with Gasteiger partial charge < -0.3 is 5.32 Å². The Kier molecular flexibility index (Phi) is 6.85. The first-order valence-corrected chi connectivity index (χ1v) is 12.9. The number of anilines is 2. The molecule has 10 nitrogen and oxygen atoms in total. The van der Waals surface area contributed by atoms with Crippen molar-refractivity contribution < 1.29 is 13.2 Å². The maximum absolute atomic E-state index is 12.7. The molecule has 2 aromatic carbocycles. The number of amides is 1. The number of fused-ring (bicyclic) bond motifs is 1. The minimum atomic E-state index is -3.90. The first-order valence-electron chi connectivity index (χ1n) is 10.5. The fraction of sp³-hybridized carbons (Fsp3) is 0.174. The highest BCUT2D eigenvalue weighted by molar-refractivity contribution is 7.99. The Morgan fingerprint density at radius 2 is 1.66 bits per heavy atom.